The molecule has 0 unspecified atom stereocenters. The summed E-state index contributed by atoms with van der Waals surface area (Å²) in [5.74, 6) is 0.507. The Morgan fingerprint density at radius 2 is 1.88 bits per heavy atom. The number of nitrogens with zero attached hydrogens (tertiary/aromatic N) is 4. The van der Waals surface area contributed by atoms with Crippen molar-refractivity contribution in [3.05, 3.63) is 34.7 Å². The average Bonchev–Trinajstić information content (AvgIpc) is 2.88. The molecule has 3 rings (SSSR count). The molecule has 2 heterocycles. The van der Waals surface area contributed by atoms with E-state index in [0.717, 1.165) is 11.1 Å². The first-order valence-corrected chi connectivity index (χ1v) is 9.92. The molecule has 0 atom stereocenters. The summed E-state index contributed by atoms with van der Waals surface area (Å²) in [6.07, 6.45) is 1.24. The van der Waals surface area contributed by atoms with Crippen LogP contribution in [-0.4, -0.2) is 59.8 Å². The third-order valence-electron chi connectivity index (χ3n) is 4.12. The monoisotopic (exact) mass is 368 g/mol. The van der Waals surface area contributed by atoms with Crippen LogP contribution in [0.15, 0.2) is 28.7 Å². The number of aryl methyl sites for hydroxylation is 1. The van der Waals surface area contributed by atoms with E-state index in [9.17, 15) is 8.42 Å². The fraction of sp³-hybridized carbons (Fsp3) is 0.467. The van der Waals surface area contributed by atoms with Gasteiger partial charge in [-0.3, -0.25) is 4.90 Å². The molecule has 0 radical (unpaired) electrons. The van der Waals surface area contributed by atoms with Crippen LogP contribution in [0.1, 0.15) is 5.56 Å². The van der Waals surface area contributed by atoms with Crippen LogP contribution in [0.3, 0.4) is 0 Å². The number of hydrogen-bond donors (Lipinski definition) is 0. The van der Waals surface area contributed by atoms with Gasteiger partial charge >= 0.3 is 0 Å². The molecule has 0 aliphatic carbocycles. The van der Waals surface area contributed by atoms with Crippen molar-refractivity contribution in [2.75, 3.05) is 32.4 Å². The van der Waals surface area contributed by atoms with E-state index < -0.39 is 10.0 Å². The van der Waals surface area contributed by atoms with Crippen molar-refractivity contribution >= 4 is 22.2 Å². The molecule has 1 aromatic heterocycles. The zero-order valence-electron chi connectivity index (χ0n) is 13.7. The maximum absolute atomic E-state index is 11.6. The molecule has 130 valence electrons. The molecule has 24 heavy (non-hydrogen) atoms. The molecule has 0 amide bonds. The van der Waals surface area contributed by atoms with Crippen molar-refractivity contribution in [1.29, 1.82) is 0 Å². The van der Waals surface area contributed by atoms with Gasteiger partial charge in [0, 0.05) is 31.7 Å². The highest BCUT2D eigenvalue weighted by Crippen LogP contribution is 2.21. The molecule has 1 aromatic carbocycles. The summed E-state index contributed by atoms with van der Waals surface area (Å²) in [6, 6.07) is 7.85. The number of piperazine rings is 1. The van der Waals surface area contributed by atoms with Crippen LogP contribution in [-0.2, 0) is 16.7 Å². The Morgan fingerprint density at radius 1 is 1.21 bits per heavy atom. The normalized spacial score (nSPS) is 17.2. The van der Waals surface area contributed by atoms with Crippen LogP contribution >= 0.6 is 12.2 Å². The van der Waals surface area contributed by atoms with Gasteiger partial charge < -0.3 is 4.42 Å². The minimum absolute atomic E-state index is 0.318. The van der Waals surface area contributed by atoms with E-state index >= 15 is 0 Å². The lowest BCUT2D eigenvalue weighted by Crippen LogP contribution is -2.48. The first-order chi connectivity index (χ1) is 11.3. The molecule has 0 saturated carbocycles. The quantitative estimate of drug-likeness (QED) is 0.765. The molecule has 7 nitrogen and oxygen atoms in total. The maximum atomic E-state index is 11.6. The lowest BCUT2D eigenvalue weighted by Gasteiger charge is -2.32. The number of aromatic nitrogens is 2. The van der Waals surface area contributed by atoms with Crippen molar-refractivity contribution in [3.8, 4) is 11.5 Å². The molecule has 2 aromatic rings. The van der Waals surface area contributed by atoms with E-state index in [1.165, 1.54) is 10.6 Å². The predicted molar refractivity (Wildman–Crippen MR) is 93.5 cm³/mol. The van der Waals surface area contributed by atoms with Gasteiger partial charge in [-0.25, -0.2) is 13.1 Å². The third kappa shape index (κ3) is 3.75. The van der Waals surface area contributed by atoms with Crippen LogP contribution in [0.25, 0.3) is 11.5 Å². The summed E-state index contributed by atoms with van der Waals surface area (Å²) in [5.41, 5.74) is 1.99. The van der Waals surface area contributed by atoms with Crippen LogP contribution in [0.5, 0.6) is 0 Å². The zero-order chi connectivity index (χ0) is 17.3. The summed E-state index contributed by atoms with van der Waals surface area (Å²) in [7, 11) is -3.12. The predicted octanol–water partition coefficient (Wildman–Crippen LogP) is 1.72. The van der Waals surface area contributed by atoms with Gasteiger partial charge in [0.15, 0.2) is 0 Å². The first kappa shape index (κ1) is 17.3. The molecule has 0 spiro atoms. The number of sulfonamides is 1. The molecule has 9 heteroatoms. The molecule has 1 fully saturated rings. The van der Waals surface area contributed by atoms with Gasteiger partial charge in [0.05, 0.1) is 12.9 Å². The van der Waals surface area contributed by atoms with E-state index in [1.807, 2.05) is 31.2 Å². The lowest BCUT2D eigenvalue weighted by molar-refractivity contribution is 0.144. The summed E-state index contributed by atoms with van der Waals surface area (Å²) in [5, 5.41) is 4.48. The van der Waals surface area contributed by atoms with E-state index in [2.05, 4.69) is 10.00 Å². The summed E-state index contributed by atoms with van der Waals surface area (Å²) < 4.78 is 31.9. The SMILES string of the molecule is Cc1ccccc1-c1nn(CN2CCN(S(C)(=O)=O)CC2)c(=S)o1. The highest BCUT2D eigenvalue weighted by molar-refractivity contribution is 7.88. The molecule has 0 N–H and O–H groups in total. The molecule has 1 aliphatic heterocycles. The highest BCUT2D eigenvalue weighted by atomic mass is 32.2. The number of benzene rings is 1. The minimum atomic E-state index is -3.12. The largest absolute Gasteiger partial charge is 0.409 e. The van der Waals surface area contributed by atoms with Gasteiger partial charge in [0.2, 0.25) is 15.9 Å². The van der Waals surface area contributed by atoms with Crippen LogP contribution in [0, 0.1) is 11.8 Å². The van der Waals surface area contributed by atoms with E-state index in [4.69, 9.17) is 16.6 Å². The Balaban J connectivity index is 1.72. The Kier molecular flexibility index (Phi) is 4.86. The van der Waals surface area contributed by atoms with Gasteiger partial charge in [-0.15, -0.1) is 5.10 Å². The molecule has 1 aliphatic rings. The molecule has 0 bridgehead atoms. The molecular weight excluding hydrogens is 348 g/mol. The van der Waals surface area contributed by atoms with E-state index in [0.29, 0.717) is 43.6 Å². The second-order valence-electron chi connectivity index (χ2n) is 5.91. The number of rotatable bonds is 4. The highest BCUT2D eigenvalue weighted by Gasteiger charge is 2.24. The second-order valence-corrected chi connectivity index (χ2v) is 8.24. The Morgan fingerprint density at radius 3 is 2.50 bits per heavy atom. The van der Waals surface area contributed by atoms with Gasteiger partial charge in [-0.05, 0) is 30.8 Å². The molecule has 1 saturated heterocycles. The first-order valence-electron chi connectivity index (χ1n) is 7.66. The number of hydrogen-bond acceptors (Lipinski definition) is 6. The van der Waals surface area contributed by atoms with Crippen LogP contribution in [0.2, 0.25) is 0 Å². The van der Waals surface area contributed by atoms with E-state index in [-0.39, 0.29) is 0 Å². The van der Waals surface area contributed by atoms with Crippen molar-refractivity contribution in [2.45, 2.75) is 13.6 Å². The summed E-state index contributed by atoms with van der Waals surface area (Å²) >= 11 is 5.27. The zero-order valence-corrected chi connectivity index (χ0v) is 15.3. The molecular formula is C15H20N4O3S2. The Bertz CT molecular complexity index is 880. The fourth-order valence-electron chi connectivity index (χ4n) is 2.71. The van der Waals surface area contributed by atoms with Gasteiger partial charge in [-0.2, -0.15) is 4.31 Å². The van der Waals surface area contributed by atoms with Crippen LogP contribution < -0.4 is 0 Å². The summed E-state index contributed by atoms with van der Waals surface area (Å²) in [4.78, 5) is 2.43. The van der Waals surface area contributed by atoms with Crippen LogP contribution in [0.4, 0.5) is 0 Å². The van der Waals surface area contributed by atoms with Gasteiger partial charge in [-0.1, -0.05) is 18.2 Å². The fourth-order valence-corrected chi connectivity index (χ4v) is 3.71. The topological polar surface area (TPSA) is 71.6 Å². The second kappa shape index (κ2) is 6.75. The van der Waals surface area contributed by atoms with Crippen molar-refractivity contribution < 1.29 is 12.8 Å². The van der Waals surface area contributed by atoms with Gasteiger partial charge in [0.1, 0.15) is 0 Å². The third-order valence-corrected chi connectivity index (χ3v) is 5.71. The van der Waals surface area contributed by atoms with Crippen molar-refractivity contribution in [1.82, 2.24) is 19.0 Å². The average molecular weight is 368 g/mol. The van der Waals surface area contributed by atoms with Crippen molar-refractivity contribution in [3.63, 3.8) is 0 Å². The minimum Gasteiger partial charge on any atom is -0.409 e. The summed E-state index contributed by atoms with van der Waals surface area (Å²) in [6.45, 7) is 4.73. The Labute approximate surface area is 146 Å². The lowest BCUT2D eigenvalue weighted by atomic mass is 10.1. The van der Waals surface area contributed by atoms with E-state index in [1.54, 1.807) is 4.68 Å². The van der Waals surface area contributed by atoms with Gasteiger partial charge in [0.25, 0.3) is 4.84 Å². The standard InChI is InChI=1S/C15H20N4O3S2/c1-12-5-3-4-6-13(12)14-16-19(15(23)22-14)11-17-7-9-18(10-8-17)24(2,20)21/h3-6H,7-11H2,1-2H3. The maximum Gasteiger partial charge on any atom is 0.288 e. The van der Waals surface area contributed by atoms with Crippen molar-refractivity contribution in [2.24, 2.45) is 0 Å². The smallest absolute Gasteiger partial charge is 0.288 e. The Hall–Kier alpha value is -1.55.